The van der Waals surface area contributed by atoms with Crippen molar-refractivity contribution >= 4 is 39.1 Å². The molecule has 21 heavy (non-hydrogen) atoms. The number of carbonyl (C=O) groups excluding carboxylic acids is 1. The molecule has 0 saturated carbocycles. The molecule has 2 amide bonds. The molecule has 3 N–H and O–H groups in total. The molecule has 1 heterocycles. The van der Waals surface area contributed by atoms with E-state index in [4.69, 9.17) is 5.11 Å². The fourth-order valence-electron chi connectivity index (χ4n) is 2.04. The number of carboxylic acids is 1. The summed E-state index contributed by atoms with van der Waals surface area (Å²) in [5, 5.41) is 17.4. The summed E-state index contributed by atoms with van der Waals surface area (Å²) in [6.45, 7) is 3.70. The zero-order valence-electron chi connectivity index (χ0n) is 11.9. The van der Waals surface area contributed by atoms with E-state index >= 15 is 0 Å². The van der Waals surface area contributed by atoms with Crippen molar-refractivity contribution in [3.05, 3.63) is 29.6 Å². The second-order valence-electron chi connectivity index (χ2n) is 4.97. The van der Waals surface area contributed by atoms with Crippen molar-refractivity contribution in [2.75, 3.05) is 5.32 Å². The Hall–Kier alpha value is -2.08. The van der Waals surface area contributed by atoms with Crippen molar-refractivity contribution in [1.82, 2.24) is 5.32 Å². The topological polar surface area (TPSA) is 78.4 Å². The molecule has 1 aromatic heterocycles. The molecule has 2 unspecified atom stereocenters. The molecule has 1 aromatic carbocycles. The quantitative estimate of drug-likeness (QED) is 0.791. The Labute approximate surface area is 127 Å². The van der Waals surface area contributed by atoms with Crippen LogP contribution in [0.5, 0.6) is 0 Å². The van der Waals surface area contributed by atoms with Gasteiger partial charge in [0, 0.05) is 10.4 Å². The Morgan fingerprint density at radius 2 is 2.10 bits per heavy atom. The average molecular weight is 306 g/mol. The van der Waals surface area contributed by atoms with Crippen LogP contribution in [0.15, 0.2) is 29.6 Å². The lowest BCUT2D eigenvalue weighted by molar-refractivity contribution is -0.140. The van der Waals surface area contributed by atoms with Gasteiger partial charge in [-0.1, -0.05) is 20.3 Å². The van der Waals surface area contributed by atoms with Gasteiger partial charge in [-0.25, -0.2) is 9.59 Å². The van der Waals surface area contributed by atoms with Gasteiger partial charge in [-0.2, -0.15) is 0 Å². The number of rotatable bonds is 5. The van der Waals surface area contributed by atoms with Crippen LogP contribution < -0.4 is 10.6 Å². The maximum absolute atomic E-state index is 11.9. The van der Waals surface area contributed by atoms with Gasteiger partial charge in [-0.15, -0.1) is 11.3 Å². The summed E-state index contributed by atoms with van der Waals surface area (Å²) in [6.07, 6.45) is 0.679. The molecule has 2 atom stereocenters. The number of fused-ring (bicyclic) bond motifs is 1. The predicted molar refractivity (Wildman–Crippen MR) is 84.9 cm³/mol. The standard InChI is InChI=1S/C15H18N2O3S/c1-3-9(2)13(14(18)19)17-15(20)16-11-4-5-12-10(8-11)6-7-21-12/h4-9,13H,3H2,1-2H3,(H,18,19)(H2,16,17,20). The van der Waals surface area contributed by atoms with Crippen molar-refractivity contribution in [2.24, 2.45) is 5.92 Å². The summed E-state index contributed by atoms with van der Waals surface area (Å²) in [5.41, 5.74) is 0.645. The molecule has 0 saturated heterocycles. The Morgan fingerprint density at radius 1 is 1.33 bits per heavy atom. The molecule has 6 heteroatoms. The third-order valence-corrected chi connectivity index (χ3v) is 4.37. The molecule has 112 valence electrons. The number of urea groups is 1. The number of hydrogen-bond acceptors (Lipinski definition) is 3. The minimum atomic E-state index is -1.02. The van der Waals surface area contributed by atoms with E-state index in [9.17, 15) is 9.59 Å². The third-order valence-electron chi connectivity index (χ3n) is 3.48. The highest BCUT2D eigenvalue weighted by molar-refractivity contribution is 7.17. The van der Waals surface area contributed by atoms with Gasteiger partial charge in [0.25, 0.3) is 0 Å². The van der Waals surface area contributed by atoms with E-state index in [1.165, 1.54) is 0 Å². The second-order valence-corrected chi connectivity index (χ2v) is 5.92. The Kier molecular flexibility index (Phi) is 4.80. The van der Waals surface area contributed by atoms with Crippen LogP contribution in [0.3, 0.4) is 0 Å². The molecule has 0 aliphatic rings. The molecule has 0 bridgehead atoms. The number of carbonyl (C=O) groups is 2. The van der Waals surface area contributed by atoms with Gasteiger partial charge in [0.2, 0.25) is 0 Å². The molecular formula is C15H18N2O3S. The summed E-state index contributed by atoms with van der Waals surface area (Å²) in [5.74, 6) is -1.15. The normalized spacial score (nSPS) is 13.6. The number of anilines is 1. The molecule has 0 fully saturated rings. The van der Waals surface area contributed by atoms with Crippen molar-refractivity contribution in [1.29, 1.82) is 0 Å². The Morgan fingerprint density at radius 3 is 2.76 bits per heavy atom. The zero-order valence-corrected chi connectivity index (χ0v) is 12.7. The van der Waals surface area contributed by atoms with E-state index in [2.05, 4.69) is 10.6 Å². The third kappa shape index (κ3) is 3.72. The van der Waals surface area contributed by atoms with Crippen LogP contribution in [0, 0.1) is 5.92 Å². The van der Waals surface area contributed by atoms with Gasteiger partial charge in [0.05, 0.1) is 0 Å². The monoisotopic (exact) mass is 306 g/mol. The van der Waals surface area contributed by atoms with Crippen molar-refractivity contribution in [3.63, 3.8) is 0 Å². The van der Waals surface area contributed by atoms with Gasteiger partial charge in [-0.3, -0.25) is 0 Å². The van der Waals surface area contributed by atoms with Crippen LogP contribution in [0.25, 0.3) is 10.1 Å². The second kappa shape index (κ2) is 6.58. The first-order chi connectivity index (χ1) is 10.0. The number of nitrogens with one attached hydrogen (secondary N) is 2. The lowest BCUT2D eigenvalue weighted by Gasteiger charge is -2.20. The largest absolute Gasteiger partial charge is 0.480 e. The number of amides is 2. The van der Waals surface area contributed by atoms with Gasteiger partial charge < -0.3 is 15.7 Å². The van der Waals surface area contributed by atoms with Crippen LogP contribution in [0.2, 0.25) is 0 Å². The van der Waals surface area contributed by atoms with E-state index in [1.807, 2.05) is 30.5 Å². The molecule has 0 aliphatic heterocycles. The molecular weight excluding hydrogens is 288 g/mol. The smallest absolute Gasteiger partial charge is 0.326 e. The molecule has 0 spiro atoms. The van der Waals surface area contributed by atoms with Crippen LogP contribution >= 0.6 is 11.3 Å². The predicted octanol–water partition coefficient (Wildman–Crippen LogP) is 3.52. The van der Waals surface area contributed by atoms with E-state index < -0.39 is 18.0 Å². The lowest BCUT2D eigenvalue weighted by Crippen LogP contribution is -2.46. The van der Waals surface area contributed by atoms with E-state index in [1.54, 1.807) is 24.3 Å². The lowest BCUT2D eigenvalue weighted by atomic mass is 9.99. The van der Waals surface area contributed by atoms with Crippen molar-refractivity contribution < 1.29 is 14.7 Å². The van der Waals surface area contributed by atoms with Crippen LogP contribution in [0.1, 0.15) is 20.3 Å². The molecule has 0 aliphatic carbocycles. The molecule has 2 rings (SSSR count). The Bertz CT molecular complexity index is 653. The maximum Gasteiger partial charge on any atom is 0.326 e. The first kappa shape index (κ1) is 15.3. The molecule has 0 radical (unpaired) electrons. The minimum Gasteiger partial charge on any atom is -0.480 e. The van der Waals surface area contributed by atoms with Gasteiger partial charge >= 0.3 is 12.0 Å². The van der Waals surface area contributed by atoms with Gasteiger partial charge in [-0.05, 0) is 40.9 Å². The highest BCUT2D eigenvalue weighted by Crippen LogP contribution is 2.23. The minimum absolute atomic E-state index is 0.132. The summed E-state index contributed by atoms with van der Waals surface area (Å²) >= 11 is 1.63. The van der Waals surface area contributed by atoms with Crippen LogP contribution in [-0.2, 0) is 4.79 Å². The van der Waals surface area contributed by atoms with Crippen molar-refractivity contribution in [2.45, 2.75) is 26.3 Å². The molecule has 5 nitrogen and oxygen atoms in total. The summed E-state index contributed by atoms with van der Waals surface area (Å²) in [7, 11) is 0. The van der Waals surface area contributed by atoms with Crippen LogP contribution in [0.4, 0.5) is 10.5 Å². The van der Waals surface area contributed by atoms with E-state index in [0.717, 1.165) is 10.1 Å². The summed E-state index contributed by atoms with van der Waals surface area (Å²) in [4.78, 5) is 23.1. The fraction of sp³-hybridized carbons (Fsp3) is 0.333. The average Bonchev–Trinajstić information content (AvgIpc) is 2.91. The zero-order chi connectivity index (χ0) is 15.4. The highest BCUT2D eigenvalue weighted by atomic mass is 32.1. The highest BCUT2D eigenvalue weighted by Gasteiger charge is 2.25. The first-order valence-corrected chi connectivity index (χ1v) is 7.66. The maximum atomic E-state index is 11.9. The summed E-state index contributed by atoms with van der Waals surface area (Å²) in [6, 6.07) is 6.18. The molecule has 2 aromatic rings. The number of benzene rings is 1. The Balaban J connectivity index is 2.04. The summed E-state index contributed by atoms with van der Waals surface area (Å²) < 4.78 is 1.14. The van der Waals surface area contributed by atoms with Crippen molar-refractivity contribution in [3.8, 4) is 0 Å². The fourth-order valence-corrected chi connectivity index (χ4v) is 2.81. The first-order valence-electron chi connectivity index (χ1n) is 6.79. The number of hydrogen-bond donors (Lipinski definition) is 3. The number of thiophene rings is 1. The van der Waals surface area contributed by atoms with E-state index in [0.29, 0.717) is 12.1 Å². The van der Waals surface area contributed by atoms with Gasteiger partial charge in [0.1, 0.15) is 6.04 Å². The number of carboxylic acid groups (broad SMARTS) is 1. The van der Waals surface area contributed by atoms with Crippen LogP contribution in [-0.4, -0.2) is 23.1 Å². The number of aliphatic carboxylic acids is 1. The van der Waals surface area contributed by atoms with Gasteiger partial charge in [0.15, 0.2) is 0 Å². The van der Waals surface area contributed by atoms with E-state index in [-0.39, 0.29) is 5.92 Å². The SMILES string of the molecule is CCC(C)C(NC(=O)Nc1ccc2sccc2c1)C(=O)O.